The fourth-order valence-corrected chi connectivity index (χ4v) is 6.34. The van der Waals surface area contributed by atoms with Crippen molar-refractivity contribution in [1.29, 1.82) is 0 Å². The summed E-state index contributed by atoms with van der Waals surface area (Å²) in [5.74, 6) is 0.963. The van der Waals surface area contributed by atoms with Crippen molar-refractivity contribution in [2.45, 2.75) is 52.0 Å². The van der Waals surface area contributed by atoms with Gasteiger partial charge in [0, 0.05) is 30.2 Å². The molecule has 124 valence electrons. The Morgan fingerprint density at radius 2 is 2.14 bits per heavy atom. The SMILES string of the molecule is CCC[C@@H]1CCc2c(sc(=O)n2CCN2CCCS2(=O)=O)C1. The van der Waals surface area contributed by atoms with Gasteiger partial charge in [-0.3, -0.25) is 4.79 Å². The zero-order valence-corrected chi connectivity index (χ0v) is 14.7. The van der Waals surface area contributed by atoms with E-state index >= 15 is 0 Å². The normalized spacial score (nSPS) is 24.5. The topological polar surface area (TPSA) is 59.4 Å². The summed E-state index contributed by atoms with van der Waals surface area (Å²) in [5, 5.41) is 0. The highest BCUT2D eigenvalue weighted by atomic mass is 32.2. The smallest absolute Gasteiger partial charge is 0.301 e. The second-order valence-corrected chi connectivity index (χ2v) is 9.49. The van der Waals surface area contributed by atoms with Crippen LogP contribution in [0.1, 0.15) is 43.2 Å². The molecule has 1 aromatic heterocycles. The van der Waals surface area contributed by atoms with Gasteiger partial charge in [0.1, 0.15) is 0 Å². The molecule has 0 aromatic carbocycles. The van der Waals surface area contributed by atoms with Crippen LogP contribution in [0.15, 0.2) is 4.79 Å². The number of thiazole rings is 1. The molecule has 2 aliphatic rings. The molecule has 0 saturated carbocycles. The van der Waals surface area contributed by atoms with E-state index in [4.69, 9.17) is 0 Å². The second kappa shape index (κ2) is 6.45. The highest BCUT2D eigenvalue weighted by Crippen LogP contribution is 2.30. The van der Waals surface area contributed by atoms with Gasteiger partial charge in [-0.15, -0.1) is 0 Å². The fourth-order valence-electron chi connectivity index (χ4n) is 3.65. The lowest BCUT2D eigenvalue weighted by Crippen LogP contribution is -2.32. The lowest BCUT2D eigenvalue weighted by molar-refractivity contribution is 0.395. The number of sulfonamides is 1. The summed E-state index contributed by atoms with van der Waals surface area (Å²) in [4.78, 5) is 13.6. The van der Waals surface area contributed by atoms with E-state index in [9.17, 15) is 13.2 Å². The van der Waals surface area contributed by atoms with Crippen molar-refractivity contribution in [3.63, 3.8) is 0 Å². The molecule has 0 bridgehead atoms. The molecule has 1 aliphatic carbocycles. The molecule has 0 N–H and O–H groups in total. The van der Waals surface area contributed by atoms with Crippen molar-refractivity contribution in [1.82, 2.24) is 8.87 Å². The van der Waals surface area contributed by atoms with Crippen molar-refractivity contribution in [3.05, 3.63) is 20.2 Å². The number of hydrogen-bond donors (Lipinski definition) is 0. The lowest BCUT2D eigenvalue weighted by Gasteiger charge is -2.23. The van der Waals surface area contributed by atoms with Gasteiger partial charge in [-0.25, -0.2) is 12.7 Å². The van der Waals surface area contributed by atoms with Gasteiger partial charge in [0.15, 0.2) is 0 Å². The number of nitrogens with zero attached hydrogens (tertiary/aromatic N) is 2. The Labute approximate surface area is 136 Å². The standard InChI is InChI=1S/C15H24N2O3S2/c1-2-4-12-5-6-13-14(11-12)21-15(18)17(13)9-8-16-7-3-10-22(16,19)20/h12H,2-11H2,1H3/t12-/m1/s1. The van der Waals surface area contributed by atoms with Gasteiger partial charge in [0.25, 0.3) is 0 Å². The quantitative estimate of drug-likeness (QED) is 0.819. The maximum atomic E-state index is 12.3. The predicted octanol–water partition coefficient (Wildman–Crippen LogP) is 1.85. The highest BCUT2D eigenvalue weighted by Gasteiger charge is 2.29. The first-order chi connectivity index (χ1) is 10.5. The summed E-state index contributed by atoms with van der Waals surface area (Å²) in [7, 11) is -3.07. The van der Waals surface area contributed by atoms with E-state index in [0.29, 0.717) is 32.0 Å². The zero-order valence-electron chi connectivity index (χ0n) is 13.1. The van der Waals surface area contributed by atoms with Crippen LogP contribution in [0.5, 0.6) is 0 Å². The molecule has 0 radical (unpaired) electrons. The third-order valence-corrected chi connectivity index (χ3v) is 7.82. The average molecular weight is 345 g/mol. The maximum absolute atomic E-state index is 12.3. The number of fused-ring (bicyclic) bond motifs is 1. The minimum atomic E-state index is -3.07. The molecule has 22 heavy (non-hydrogen) atoms. The third-order valence-electron chi connectivity index (χ3n) is 4.82. The molecule has 1 saturated heterocycles. The Morgan fingerprint density at radius 3 is 2.82 bits per heavy atom. The van der Waals surface area contributed by atoms with E-state index in [1.54, 1.807) is 0 Å². The molecular formula is C15H24N2O3S2. The molecule has 2 heterocycles. The zero-order chi connectivity index (χ0) is 15.7. The monoisotopic (exact) mass is 344 g/mol. The number of aromatic nitrogens is 1. The highest BCUT2D eigenvalue weighted by molar-refractivity contribution is 7.89. The minimum Gasteiger partial charge on any atom is -0.301 e. The maximum Gasteiger partial charge on any atom is 0.307 e. The predicted molar refractivity (Wildman–Crippen MR) is 89.0 cm³/mol. The van der Waals surface area contributed by atoms with E-state index in [-0.39, 0.29) is 10.6 Å². The Bertz CT molecular complexity index is 690. The Morgan fingerprint density at radius 1 is 1.32 bits per heavy atom. The van der Waals surface area contributed by atoms with Gasteiger partial charge in [0.2, 0.25) is 10.0 Å². The average Bonchev–Trinajstić information content (AvgIpc) is 2.95. The van der Waals surface area contributed by atoms with Crippen LogP contribution in [0.4, 0.5) is 0 Å². The van der Waals surface area contributed by atoms with E-state index in [2.05, 4.69) is 6.92 Å². The van der Waals surface area contributed by atoms with Crippen LogP contribution in [-0.2, 0) is 29.4 Å². The molecule has 7 heteroatoms. The van der Waals surface area contributed by atoms with Crippen LogP contribution in [0.2, 0.25) is 0 Å². The summed E-state index contributed by atoms with van der Waals surface area (Å²) in [6.07, 6.45) is 6.28. The fraction of sp³-hybridized carbons (Fsp3) is 0.800. The number of rotatable bonds is 5. The van der Waals surface area contributed by atoms with Crippen LogP contribution in [0.3, 0.4) is 0 Å². The molecule has 1 atom stereocenters. The van der Waals surface area contributed by atoms with Gasteiger partial charge >= 0.3 is 4.87 Å². The molecule has 1 aromatic rings. The second-order valence-electron chi connectivity index (χ2n) is 6.36. The van der Waals surface area contributed by atoms with Crippen molar-refractivity contribution >= 4 is 21.4 Å². The molecule has 0 amide bonds. The van der Waals surface area contributed by atoms with Crippen molar-refractivity contribution in [2.75, 3.05) is 18.8 Å². The first kappa shape index (κ1) is 16.2. The van der Waals surface area contributed by atoms with E-state index < -0.39 is 10.0 Å². The first-order valence-corrected chi connectivity index (χ1v) is 10.6. The van der Waals surface area contributed by atoms with Crippen molar-refractivity contribution < 1.29 is 8.42 Å². The van der Waals surface area contributed by atoms with Crippen LogP contribution in [0.25, 0.3) is 0 Å². The summed E-state index contributed by atoms with van der Waals surface area (Å²) in [5.41, 5.74) is 1.17. The van der Waals surface area contributed by atoms with E-state index in [0.717, 1.165) is 19.3 Å². The molecule has 5 nitrogen and oxygen atoms in total. The molecule has 1 aliphatic heterocycles. The van der Waals surface area contributed by atoms with Gasteiger partial charge < -0.3 is 4.57 Å². The van der Waals surface area contributed by atoms with Crippen molar-refractivity contribution in [2.24, 2.45) is 5.92 Å². The minimum absolute atomic E-state index is 0.0822. The van der Waals surface area contributed by atoms with Gasteiger partial charge in [-0.2, -0.15) is 0 Å². The van der Waals surface area contributed by atoms with Gasteiger partial charge in [-0.1, -0.05) is 31.1 Å². The van der Waals surface area contributed by atoms with Crippen LogP contribution >= 0.6 is 11.3 Å². The summed E-state index contributed by atoms with van der Waals surface area (Å²) in [6, 6.07) is 0. The Hall–Kier alpha value is -0.660. The number of hydrogen-bond acceptors (Lipinski definition) is 4. The molecule has 0 unspecified atom stereocenters. The molecular weight excluding hydrogens is 320 g/mol. The van der Waals surface area contributed by atoms with Crippen LogP contribution < -0.4 is 4.87 Å². The lowest BCUT2D eigenvalue weighted by atomic mass is 9.88. The third kappa shape index (κ3) is 3.16. The van der Waals surface area contributed by atoms with Gasteiger partial charge in [-0.05, 0) is 31.6 Å². The summed E-state index contributed by atoms with van der Waals surface area (Å²) < 4.78 is 27.1. The summed E-state index contributed by atoms with van der Waals surface area (Å²) >= 11 is 1.37. The largest absolute Gasteiger partial charge is 0.307 e. The van der Waals surface area contributed by atoms with Crippen LogP contribution in [-0.4, -0.2) is 36.1 Å². The van der Waals surface area contributed by atoms with Crippen LogP contribution in [0, 0.1) is 5.92 Å². The Kier molecular flexibility index (Phi) is 4.75. The van der Waals surface area contributed by atoms with E-state index in [1.807, 2.05) is 4.57 Å². The molecule has 0 spiro atoms. The van der Waals surface area contributed by atoms with Gasteiger partial charge in [0.05, 0.1) is 5.75 Å². The van der Waals surface area contributed by atoms with Crippen molar-refractivity contribution in [3.8, 4) is 0 Å². The molecule has 1 fully saturated rings. The molecule has 3 rings (SSSR count). The van der Waals surface area contributed by atoms with E-state index in [1.165, 1.54) is 39.1 Å². The summed E-state index contributed by atoms with van der Waals surface area (Å²) in [6.45, 7) is 3.74. The first-order valence-electron chi connectivity index (χ1n) is 8.20. The Balaban J connectivity index is 1.72.